The van der Waals surface area contributed by atoms with Crippen LogP contribution in [0.2, 0.25) is 0 Å². The van der Waals surface area contributed by atoms with Gasteiger partial charge in [0.2, 0.25) is 51.4 Å². The van der Waals surface area contributed by atoms with Crippen molar-refractivity contribution in [3.05, 3.63) is 0 Å². The molecule has 0 aromatic carbocycles. The van der Waals surface area contributed by atoms with Crippen LogP contribution in [0.4, 0.5) is 0 Å². The number of carbonyl (C=O) groups excluding carboxylic acids is 7. The highest BCUT2D eigenvalue weighted by atomic mass is 32.2. The fourth-order valence-electron chi connectivity index (χ4n) is 9.52. The molecular formula is C41H65N7O12S2. The van der Waals surface area contributed by atoms with Gasteiger partial charge in [0.15, 0.2) is 0 Å². The number of imide groups is 2. The van der Waals surface area contributed by atoms with Crippen molar-refractivity contribution >= 4 is 63.1 Å². The minimum Gasteiger partial charge on any atom is -0.379 e. The Labute approximate surface area is 368 Å². The number of hydrogen-bond acceptors (Lipinski definition) is 14. The highest BCUT2D eigenvalue weighted by molar-refractivity contribution is 8.00. The number of piperidine rings is 1. The number of fused-ring (bicyclic) bond motifs is 1. The van der Waals surface area contributed by atoms with Gasteiger partial charge in [-0.3, -0.25) is 49.1 Å². The Balaban J connectivity index is 0.810. The van der Waals surface area contributed by atoms with Gasteiger partial charge in [-0.15, -0.1) is 11.8 Å². The summed E-state index contributed by atoms with van der Waals surface area (Å²) in [7, 11) is -3.42. The van der Waals surface area contributed by atoms with Crippen LogP contribution in [0.5, 0.6) is 0 Å². The van der Waals surface area contributed by atoms with Gasteiger partial charge in [-0.2, -0.15) is 0 Å². The topological polar surface area (TPSA) is 248 Å². The molecular weight excluding hydrogens is 847 g/mol. The maximum absolute atomic E-state index is 13.5. The second kappa shape index (κ2) is 23.1. The van der Waals surface area contributed by atoms with E-state index in [-0.39, 0.29) is 86.7 Å². The van der Waals surface area contributed by atoms with E-state index in [0.29, 0.717) is 83.3 Å². The molecule has 5 N–H and O–H groups in total. The summed E-state index contributed by atoms with van der Waals surface area (Å²) in [5.74, 6) is -2.53. The minimum absolute atomic E-state index is 0.0882. The van der Waals surface area contributed by atoms with E-state index >= 15 is 0 Å². The molecule has 0 spiro atoms. The molecule has 0 bridgehead atoms. The van der Waals surface area contributed by atoms with Crippen LogP contribution in [0.3, 0.4) is 0 Å². The van der Waals surface area contributed by atoms with Gasteiger partial charge in [-0.1, -0.05) is 19.3 Å². The fraction of sp³-hybridized carbons (Fsp3) is 0.829. The van der Waals surface area contributed by atoms with Gasteiger partial charge < -0.3 is 30.2 Å². The number of nitrogens with zero attached hydrogens (tertiary/aromatic N) is 2. The van der Waals surface area contributed by atoms with Crippen molar-refractivity contribution in [3.8, 4) is 0 Å². The highest BCUT2D eigenvalue weighted by Gasteiger charge is 2.54. The van der Waals surface area contributed by atoms with Gasteiger partial charge in [0.25, 0.3) is 0 Å². The molecule has 4 aliphatic heterocycles. The molecule has 2 aliphatic carbocycles. The first-order valence-corrected chi connectivity index (χ1v) is 25.4. The summed E-state index contributed by atoms with van der Waals surface area (Å²) in [5, 5.41) is 14.6. The van der Waals surface area contributed by atoms with Gasteiger partial charge in [0, 0.05) is 44.3 Å². The summed E-state index contributed by atoms with van der Waals surface area (Å²) < 4.78 is 42.4. The number of nitrogens with one attached hydrogen (secondary N) is 5. The SMILES string of the molecule is CS(=O)(=O)N1CCC(C(=O)N[C@@H](CCCCNC(=O)CCOCCOCCOC2CCC3C(=O)N(C4CCC(=O)NC4=O)C(=O)C3C2)C(=O)NC2NC(C3CCCCC3)CS2)C1. The first-order chi connectivity index (χ1) is 29.8. The smallest absolute Gasteiger partial charge is 0.249 e. The Morgan fingerprint density at radius 3 is 2.37 bits per heavy atom. The number of unbranched alkanes of at least 4 members (excludes halogenated alkanes) is 1. The average Bonchev–Trinajstić information content (AvgIpc) is 3.99. The summed E-state index contributed by atoms with van der Waals surface area (Å²) in [6.45, 7) is 2.14. The zero-order chi connectivity index (χ0) is 44.2. The zero-order valence-electron chi connectivity index (χ0n) is 35.8. The number of likely N-dealkylation sites (tertiary alicyclic amines) is 1. The first-order valence-electron chi connectivity index (χ1n) is 22.5. The molecule has 4 heterocycles. The lowest BCUT2D eigenvalue weighted by molar-refractivity contribution is -0.151. The Morgan fingerprint density at radius 2 is 1.63 bits per heavy atom. The van der Waals surface area contributed by atoms with E-state index in [4.69, 9.17) is 14.2 Å². The molecule has 2 saturated carbocycles. The lowest BCUT2D eigenvalue weighted by Crippen LogP contribution is -2.54. The number of ether oxygens (including phenoxy) is 3. The second-order valence-corrected chi connectivity index (χ2v) is 20.5. The highest BCUT2D eigenvalue weighted by Crippen LogP contribution is 2.41. The number of rotatable bonds is 22. The molecule has 4 saturated heterocycles. The third-order valence-corrected chi connectivity index (χ3v) is 15.4. The van der Waals surface area contributed by atoms with Crippen molar-refractivity contribution in [1.82, 2.24) is 35.8 Å². The van der Waals surface area contributed by atoms with Crippen molar-refractivity contribution in [2.24, 2.45) is 23.7 Å². The predicted molar refractivity (Wildman–Crippen MR) is 226 cm³/mol. The van der Waals surface area contributed by atoms with Crippen molar-refractivity contribution < 1.29 is 56.2 Å². The summed E-state index contributed by atoms with van der Waals surface area (Å²) >= 11 is 1.67. The number of amides is 7. The molecule has 7 unspecified atom stereocenters. The third-order valence-electron chi connectivity index (χ3n) is 13.0. The van der Waals surface area contributed by atoms with E-state index in [1.165, 1.54) is 36.4 Å². The van der Waals surface area contributed by atoms with Crippen LogP contribution < -0.4 is 26.6 Å². The van der Waals surface area contributed by atoms with Crippen LogP contribution in [0, 0.1) is 23.7 Å². The summed E-state index contributed by atoms with van der Waals surface area (Å²) in [5.41, 5.74) is -0.247. The van der Waals surface area contributed by atoms with E-state index < -0.39 is 51.7 Å². The van der Waals surface area contributed by atoms with E-state index in [1.807, 2.05) is 0 Å². The van der Waals surface area contributed by atoms with Gasteiger partial charge in [0.1, 0.15) is 17.6 Å². The molecule has 348 valence electrons. The van der Waals surface area contributed by atoms with Crippen LogP contribution in [0.1, 0.15) is 96.3 Å². The van der Waals surface area contributed by atoms with Crippen molar-refractivity contribution in [2.45, 2.75) is 126 Å². The maximum atomic E-state index is 13.5. The van der Waals surface area contributed by atoms with Gasteiger partial charge in [-0.25, -0.2) is 12.7 Å². The molecule has 7 amide bonds. The Morgan fingerprint density at radius 1 is 0.887 bits per heavy atom. The maximum Gasteiger partial charge on any atom is 0.249 e. The Bertz CT molecular complexity index is 1730. The Hall–Kier alpha value is -3.21. The van der Waals surface area contributed by atoms with Crippen molar-refractivity contribution in [2.75, 3.05) is 64.7 Å². The number of hydrogen-bond donors (Lipinski definition) is 5. The normalized spacial score (nSPS) is 29.0. The molecule has 19 nitrogen and oxygen atoms in total. The third kappa shape index (κ3) is 13.4. The van der Waals surface area contributed by atoms with Gasteiger partial charge >= 0.3 is 0 Å². The van der Waals surface area contributed by atoms with Crippen LogP contribution in [-0.2, 0) is 57.8 Å². The van der Waals surface area contributed by atoms with E-state index in [0.717, 1.165) is 16.9 Å². The predicted octanol–water partition coefficient (Wildman–Crippen LogP) is 0.123. The number of sulfonamides is 1. The van der Waals surface area contributed by atoms with Crippen LogP contribution >= 0.6 is 11.8 Å². The second-order valence-electron chi connectivity index (χ2n) is 17.4. The minimum atomic E-state index is -3.42. The van der Waals surface area contributed by atoms with Crippen LogP contribution in [0.25, 0.3) is 0 Å². The fourth-order valence-corrected chi connectivity index (χ4v) is 11.6. The molecule has 8 atom stereocenters. The largest absolute Gasteiger partial charge is 0.379 e. The quantitative estimate of drug-likeness (QED) is 0.0716. The molecule has 6 rings (SSSR count). The standard InChI is InChI=1S/C41H65N7O12S2/c1-62(56,57)47-17-14-27(24-47)36(51)43-31(37(52)46-41-44-32(25-61-41)26-7-3-2-4-8-26)9-5-6-16-42-34(49)15-18-58-19-20-59-21-22-60-28-10-11-29-30(23-28)40(55)48(39(29)54)33-12-13-35(50)45-38(33)53/h26-33,41,44H,2-25H2,1H3,(H,42,49)(H,43,51)(H,46,52)(H,45,50,53)/t27?,28?,29?,30?,31-,32?,33?,41?/m0/s1. The molecule has 6 fully saturated rings. The summed E-state index contributed by atoms with van der Waals surface area (Å²) in [4.78, 5) is 90.3. The lowest BCUT2D eigenvalue weighted by atomic mass is 9.79. The molecule has 0 radical (unpaired) electrons. The molecule has 0 aromatic rings. The Kier molecular flexibility index (Phi) is 18.0. The van der Waals surface area contributed by atoms with Gasteiger partial charge in [-0.05, 0) is 70.1 Å². The first kappa shape index (κ1) is 48.3. The number of thioether (sulfide) groups is 1. The van der Waals surface area contributed by atoms with E-state index in [2.05, 4.69) is 26.6 Å². The van der Waals surface area contributed by atoms with Crippen molar-refractivity contribution in [3.63, 3.8) is 0 Å². The van der Waals surface area contributed by atoms with Crippen LogP contribution in [0.15, 0.2) is 0 Å². The monoisotopic (exact) mass is 911 g/mol. The van der Waals surface area contributed by atoms with E-state index in [1.54, 1.807) is 11.8 Å². The van der Waals surface area contributed by atoms with Crippen LogP contribution in [-0.4, -0.2) is 153 Å². The van der Waals surface area contributed by atoms with Crippen molar-refractivity contribution in [1.29, 1.82) is 0 Å². The van der Waals surface area contributed by atoms with E-state index in [9.17, 15) is 42.0 Å². The summed E-state index contributed by atoms with van der Waals surface area (Å²) in [6.07, 6.45) is 10.8. The average molecular weight is 912 g/mol. The molecule has 6 aliphatic rings. The zero-order valence-corrected chi connectivity index (χ0v) is 37.4. The van der Waals surface area contributed by atoms with Gasteiger partial charge in [0.05, 0.1) is 63.1 Å². The molecule has 0 aromatic heterocycles. The summed E-state index contributed by atoms with van der Waals surface area (Å²) in [6, 6.07) is -1.40. The molecule has 62 heavy (non-hydrogen) atoms. The lowest BCUT2D eigenvalue weighted by Gasteiger charge is -2.28. The molecule has 21 heteroatoms. The number of carbonyl (C=O) groups is 7.